The monoisotopic (exact) mass is 376 g/mol. The summed E-state index contributed by atoms with van der Waals surface area (Å²) in [5.74, 6) is 1.51. The van der Waals surface area contributed by atoms with Crippen molar-refractivity contribution >= 4 is 5.91 Å². The molecule has 2 heterocycles. The number of phenols is 1. The molecule has 28 heavy (non-hydrogen) atoms. The first kappa shape index (κ1) is 17.9. The molecule has 0 aliphatic carbocycles. The van der Waals surface area contributed by atoms with Gasteiger partial charge in [-0.15, -0.1) is 0 Å². The fraction of sp³-hybridized carbons (Fsp3) is 0.182. The summed E-state index contributed by atoms with van der Waals surface area (Å²) in [6.45, 7) is 0.949. The summed E-state index contributed by atoms with van der Waals surface area (Å²) >= 11 is 0. The Kier molecular flexibility index (Phi) is 5.10. The third-order valence-electron chi connectivity index (χ3n) is 4.51. The first-order chi connectivity index (χ1) is 13.7. The highest BCUT2D eigenvalue weighted by Gasteiger charge is 2.20. The number of amides is 1. The molecule has 0 unspecified atom stereocenters. The Labute approximate surface area is 162 Å². The predicted octanol–water partition coefficient (Wildman–Crippen LogP) is 3.41. The van der Waals surface area contributed by atoms with Crippen molar-refractivity contribution in [3.63, 3.8) is 0 Å². The maximum atomic E-state index is 12.3. The quantitative estimate of drug-likeness (QED) is 0.713. The summed E-state index contributed by atoms with van der Waals surface area (Å²) in [7, 11) is 0. The number of fused-ring (bicyclic) bond motifs is 1. The number of pyridine rings is 1. The van der Waals surface area contributed by atoms with Crippen LogP contribution in [0, 0.1) is 0 Å². The zero-order valence-corrected chi connectivity index (χ0v) is 15.2. The number of benzene rings is 2. The molecule has 2 N–H and O–H groups in total. The number of hydrogen-bond donors (Lipinski definition) is 2. The minimum absolute atomic E-state index is 0.0924. The summed E-state index contributed by atoms with van der Waals surface area (Å²) in [5.41, 5.74) is 2.11. The van der Waals surface area contributed by atoms with Gasteiger partial charge in [-0.1, -0.05) is 12.1 Å². The first-order valence-electron chi connectivity index (χ1n) is 9.11. The molecule has 1 amide bonds. The van der Waals surface area contributed by atoms with Crippen LogP contribution in [-0.4, -0.2) is 35.3 Å². The van der Waals surface area contributed by atoms with Gasteiger partial charge in [-0.2, -0.15) is 0 Å². The lowest BCUT2D eigenvalue weighted by atomic mass is 10.1. The minimum Gasteiger partial charge on any atom is -0.508 e. The molecule has 2 aromatic carbocycles. The van der Waals surface area contributed by atoms with Gasteiger partial charge in [0.25, 0.3) is 5.91 Å². The lowest BCUT2D eigenvalue weighted by Crippen LogP contribution is -2.34. The van der Waals surface area contributed by atoms with Crippen LogP contribution in [0.3, 0.4) is 0 Å². The van der Waals surface area contributed by atoms with Crippen LogP contribution in [0.2, 0.25) is 0 Å². The smallest absolute Gasteiger partial charge is 0.252 e. The second-order valence-electron chi connectivity index (χ2n) is 6.52. The molecule has 1 aliphatic rings. The van der Waals surface area contributed by atoms with Crippen molar-refractivity contribution in [3.05, 3.63) is 72.4 Å². The molecule has 0 radical (unpaired) electrons. The van der Waals surface area contributed by atoms with Crippen LogP contribution in [0.4, 0.5) is 0 Å². The van der Waals surface area contributed by atoms with Gasteiger partial charge in [0.05, 0.1) is 11.3 Å². The lowest BCUT2D eigenvalue weighted by molar-refractivity contribution is 0.0812. The molecule has 3 aromatic rings. The largest absolute Gasteiger partial charge is 0.508 e. The van der Waals surface area contributed by atoms with Crippen LogP contribution in [0.5, 0.6) is 17.2 Å². The SMILES string of the molecule is O=C(NCC[C@@H]1COc2ccccc2O1)c1ccc(-c2ccc(O)cc2)nc1. The third-order valence-corrected chi connectivity index (χ3v) is 4.51. The zero-order valence-electron chi connectivity index (χ0n) is 15.2. The van der Waals surface area contributed by atoms with Crippen LogP contribution < -0.4 is 14.8 Å². The van der Waals surface area contributed by atoms with Crippen molar-refractivity contribution < 1.29 is 19.4 Å². The molecule has 4 rings (SSSR count). The van der Waals surface area contributed by atoms with Crippen LogP contribution in [-0.2, 0) is 0 Å². The van der Waals surface area contributed by atoms with E-state index >= 15 is 0 Å². The number of ether oxygens (including phenoxy) is 2. The molecule has 1 aromatic heterocycles. The predicted molar refractivity (Wildman–Crippen MR) is 105 cm³/mol. The van der Waals surface area contributed by atoms with E-state index in [1.165, 1.54) is 0 Å². The number of para-hydroxylation sites is 2. The van der Waals surface area contributed by atoms with Crippen molar-refractivity contribution in [1.82, 2.24) is 10.3 Å². The minimum atomic E-state index is -0.179. The molecule has 0 fully saturated rings. The van der Waals surface area contributed by atoms with E-state index in [4.69, 9.17) is 9.47 Å². The average Bonchev–Trinajstić information content (AvgIpc) is 2.74. The van der Waals surface area contributed by atoms with E-state index in [0.717, 1.165) is 22.8 Å². The van der Waals surface area contributed by atoms with Gasteiger partial charge in [-0.3, -0.25) is 9.78 Å². The number of carbonyl (C=O) groups is 1. The maximum Gasteiger partial charge on any atom is 0.252 e. The first-order valence-corrected chi connectivity index (χ1v) is 9.11. The van der Waals surface area contributed by atoms with Gasteiger partial charge < -0.3 is 19.9 Å². The molecule has 142 valence electrons. The van der Waals surface area contributed by atoms with Gasteiger partial charge in [0.1, 0.15) is 18.5 Å². The number of nitrogens with one attached hydrogen (secondary N) is 1. The number of carbonyl (C=O) groups excluding carboxylic acids is 1. The number of rotatable bonds is 5. The van der Waals surface area contributed by atoms with Crippen LogP contribution in [0.25, 0.3) is 11.3 Å². The van der Waals surface area contributed by atoms with Crippen molar-refractivity contribution in [3.8, 4) is 28.5 Å². The summed E-state index contributed by atoms with van der Waals surface area (Å²) in [4.78, 5) is 16.7. The summed E-state index contributed by atoms with van der Waals surface area (Å²) in [6.07, 6.45) is 2.11. The zero-order chi connectivity index (χ0) is 19.3. The van der Waals surface area contributed by atoms with E-state index in [1.54, 1.807) is 42.6 Å². The van der Waals surface area contributed by atoms with Gasteiger partial charge >= 0.3 is 0 Å². The highest BCUT2D eigenvalue weighted by Crippen LogP contribution is 2.31. The van der Waals surface area contributed by atoms with E-state index in [9.17, 15) is 9.90 Å². The average molecular weight is 376 g/mol. The molecule has 6 heteroatoms. The fourth-order valence-corrected chi connectivity index (χ4v) is 2.99. The molecule has 0 spiro atoms. The molecule has 6 nitrogen and oxygen atoms in total. The van der Waals surface area contributed by atoms with Crippen LogP contribution in [0.15, 0.2) is 66.9 Å². The number of phenolic OH excluding ortho intramolecular Hbond substituents is 1. The van der Waals surface area contributed by atoms with Gasteiger partial charge in [0, 0.05) is 24.7 Å². The molecule has 0 saturated heterocycles. The van der Waals surface area contributed by atoms with E-state index in [-0.39, 0.29) is 17.8 Å². The van der Waals surface area contributed by atoms with E-state index < -0.39 is 0 Å². The third kappa shape index (κ3) is 4.06. The Morgan fingerprint density at radius 2 is 1.86 bits per heavy atom. The Morgan fingerprint density at radius 1 is 1.07 bits per heavy atom. The van der Waals surface area contributed by atoms with E-state index in [0.29, 0.717) is 25.1 Å². The standard InChI is InChI=1S/C22H20N2O4/c25-17-8-5-15(6-9-17)19-10-7-16(13-24-19)22(26)23-12-11-18-14-27-20-3-1-2-4-21(20)28-18/h1-10,13,18,25H,11-12,14H2,(H,23,26)/t18-/m1/s1. The number of aromatic hydroxyl groups is 1. The van der Waals surface area contributed by atoms with Crippen molar-refractivity contribution in [1.29, 1.82) is 0 Å². The summed E-state index contributed by atoms with van der Waals surface area (Å²) < 4.78 is 11.6. The lowest BCUT2D eigenvalue weighted by Gasteiger charge is -2.26. The molecular weight excluding hydrogens is 356 g/mol. The Balaban J connectivity index is 1.29. The van der Waals surface area contributed by atoms with E-state index in [1.807, 2.05) is 24.3 Å². The second-order valence-corrected chi connectivity index (χ2v) is 6.52. The molecule has 1 aliphatic heterocycles. The number of nitrogens with zero attached hydrogens (tertiary/aromatic N) is 1. The van der Waals surface area contributed by atoms with Crippen molar-refractivity contribution in [2.24, 2.45) is 0 Å². The van der Waals surface area contributed by atoms with Gasteiger partial charge in [-0.05, 0) is 48.5 Å². The summed E-state index contributed by atoms with van der Waals surface area (Å²) in [6, 6.07) is 17.9. The van der Waals surface area contributed by atoms with Gasteiger partial charge in [0.15, 0.2) is 11.5 Å². The normalized spacial score (nSPS) is 15.1. The van der Waals surface area contributed by atoms with Crippen LogP contribution in [0.1, 0.15) is 16.8 Å². The molecular formula is C22H20N2O4. The van der Waals surface area contributed by atoms with E-state index in [2.05, 4.69) is 10.3 Å². The Hall–Kier alpha value is -3.54. The Bertz CT molecular complexity index is 955. The summed E-state index contributed by atoms with van der Waals surface area (Å²) in [5, 5.41) is 12.2. The fourth-order valence-electron chi connectivity index (χ4n) is 2.99. The second kappa shape index (κ2) is 8.00. The molecule has 1 atom stereocenters. The molecule has 0 saturated carbocycles. The van der Waals surface area contributed by atoms with Gasteiger partial charge in [-0.25, -0.2) is 0 Å². The number of aromatic nitrogens is 1. The highest BCUT2D eigenvalue weighted by atomic mass is 16.6. The highest BCUT2D eigenvalue weighted by molar-refractivity contribution is 5.94. The Morgan fingerprint density at radius 3 is 2.61 bits per heavy atom. The molecule has 0 bridgehead atoms. The van der Waals surface area contributed by atoms with Crippen molar-refractivity contribution in [2.75, 3.05) is 13.2 Å². The van der Waals surface area contributed by atoms with Gasteiger partial charge in [0.2, 0.25) is 0 Å². The van der Waals surface area contributed by atoms with Crippen molar-refractivity contribution in [2.45, 2.75) is 12.5 Å². The number of hydrogen-bond acceptors (Lipinski definition) is 5. The maximum absolute atomic E-state index is 12.3. The van der Waals surface area contributed by atoms with Crippen LogP contribution >= 0.6 is 0 Å². The topological polar surface area (TPSA) is 80.7 Å².